The van der Waals surface area contributed by atoms with Crippen molar-refractivity contribution in [3.8, 4) is 11.5 Å². The largest absolute Gasteiger partial charge is 0.494 e. The molecule has 0 heterocycles. The van der Waals surface area contributed by atoms with Gasteiger partial charge in [-0.05, 0) is 25.1 Å². The second kappa shape index (κ2) is 6.99. The van der Waals surface area contributed by atoms with Gasteiger partial charge in [0, 0.05) is 22.2 Å². The third-order valence-electron chi connectivity index (χ3n) is 2.87. The molecule has 2 rings (SSSR count). The molecule has 21 heavy (non-hydrogen) atoms. The fourth-order valence-electron chi connectivity index (χ4n) is 1.81. The summed E-state index contributed by atoms with van der Waals surface area (Å²) in [5.41, 5.74) is 6.86. The predicted octanol–water partition coefficient (Wildman–Crippen LogP) is 3.60. The van der Waals surface area contributed by atoms with Crippen LogP contribution in [0, 0.1) is 5.41 Å². The first kappa shape index (κ1) is 15.2. The summed E-state index contributed by atoms with van der Waals surface area (Å²) < 4.78 is 11.1. The van der Waals surface area contributed by atoms with Crippen LogP contribution < -0.4 is 15.2 Å². The first-order valence-corrected chi connectivity index (χ1v) is 6.96. The predicted molar refractivity (Wildman–Crippen MR) is 84.4 cm³/mol. The number of amidine groups is 1. The van der Waals surface area contributed by atoms with E-state index < -0.39 is 0 Å². The maximum Gasteiger partial charge on any atom is 0.123 e. The van der Waals surface area contributed by atoms with E-state index in [2.05, 4.69) is 0 Å². The minimum absolute atomic E-state index is 0.00576. The van der Waals surface area contributed by atoms with E-state index in [1.807, 2.05) is 37.3 Å². The fourth-order valence-corrected chi connectivity index (χ4v) is 2.05. The van der Waals surface area contributed by atoms with Crippen LogP contribution in [0.25, 0.3) is 0 Å². The molecule has 0 radical (unpaired) electrons. The van der Waals surface area contributed by atoms with Crippen molar-refractivity contribution >= 4 is 17.4 Å². The summed E-state index contributed by atoms with van der Waals surface area (Å²) in [6.45, 7) is 2.89. The number of hydrogen-bond donors (Lipinski definition) is 2. The quantitative estimate of drug-likeness (QED) is 0.633. The molecule has 0 bridgehead atoms. The first-order chi connectivity index (χ1) is 10.1. The molecule has 0 fully saturated rings. The molecule has 2 aromatic rings. The van der Waals surface area contributed by atoms with E-state index in [1.165, 1.54) is 0 Å². The molecular weight excluding hydrogens is 288 g/mol. The van der Waals surface area contributed by atoms with Crippen molar-refractivity contribution < 1.29 is 9.47 Å². The summed E-state index contributed by atoms with van der Waals surface area (Å²) in [5, 5.41) is 7.91. The van der Waals surface area contributed by atoms with E-state index in [0.717, 1.165) is 11.3 Å². The van der Waals surface area contributed by atoms with Crippen LogP contribution in [0.4, 0.5) is 0 Å². The Kier molecular flexibility index (Phi) is 5.06. The molecule has 0 aromatic heterocycles. The Bertz CT molecular complexity index is 644. The molecule has 5 heteroatoms. The van der Waals surface area contributed by atoms with Crippen LogP contribution in [0.1, 0.15) is 18.1 Å². The number of rotatable bonds is 6. The zero-order chi connectivity index (χ0) is 15.2. The third-order valence-corrected chi connectivity index (χ3v) is 3.23. The average molecular weight is 305 g/mol. The first-order valence-electron chi connectivity index (χ1n) is 6.58. The average Bonchev–Trinajstić information content (AvgIpc) is 2.46. The van der Waals surface area contributed by atoms with E-state index in [-0.39, 0.29) is 5.84 Å². The standard InChI is InChI=1S/C16H17ClN2O2/c1-2-20-13-4-3-5-14(9-13)21-10-12-7-6-11(16(18)19)8-15(12)17/h3-9H,2,10H2,1H3,(H3,18,19). The molecule has 0 aliphatic carbocycles. The fraction of sp³-hybridized carbons (Fsp3) is 0.188. The van der Waals surface area contributed by atoms with Gasteiger partial charge in [-0.25, -0.2) is 0 Å². The summed E-state index contributed by atoms with van der Waals surface area (Å²) in [6, 6.07) is 12.7. The number of nitrogens with one attached hydrogen (secondary N) is 1. The van der Waals surface area contributed by atoms with Gasteiger partial charge in [0.25, 0.3) is 0 Å². The highest BCUT2D eigenvalue weighted by atomic mass is 35.5. The molecule has 110 valence electrons. The molecule has 3 N–H and O–H groups in total. The van der Waals surface area contributed by atoms with E-state index in [0.29, 0.717) is 29.5 Å². The Morgan fingerprint density at radius 2 is 1.86 bits per heavy atom. The van der Waals surface area contributed by atoms with Gasteiger partial charge in [-0.15, -0.1) is 0 Å². The molecule has 4 nitrogen and oxygen atoms in total. The molecule has 0 amide bonds. The number of hydrogen-bond acceptors (Lipinski definition) is 3. The highest BCUT2D eigenvalue weighted by Gasteiger charge is 2.05. The molecule has 2 aromatic carbocycles. The van der Waals surface area contributed by atoms with E-state index in [1.54, 1.807) is 12.1 Å². The second-order valence-corrected chi connectivity index (χ2v) is 4.82. The molecule has 0 unspecified atom stereocenters. The van der Waals surface area contributed by atoms with Crippen LogP contribution in [0.15, 0.2) is 42.5 Å². The minimum atomic E-state index is -0.00576. The highest BCUT2D eigenvalue weighted by Crippen LogP contribution is 2.23. The number of nitrogen functional groups attached to an aromatic ring is 1. The summed E-state index contributed by atoms with van der Waals surface area (Å²) in [4.78, 5) is 0. The molecule has 0 atom stereocenters. The Hall–Kier alpha value is -2.20. The number of ether oxygens (including phenoxy) is 2. The molecule has 0 saturated heterocycles. The Balaban J connectivity index is 2.06. The van der Waals surface area contributed by atoms with Crippen molar-refractivity contribution in [2.75, 3.05) is 6.61 Å². The van der Waals surface area contributed by atoms with Gasteiger partial charge >= 0.3 is 0 Å². The van der Waals surface area contributed by atoms with E-state index in [9.17, 15) is 0 Å². The number of halogens is 1. The lowest BCUT2D eigenvalue weighted by atomic mass is 10.1. The van der Waals surface area contributed by atoms with Crippen molar-refractivity contribution in [2.45, 2.75) is 13.5 Å². The van der Waals surface area contributed by atoms with Gasteiger partial charge < -0.3 is 15.2 Å². The van der Waals surface area contributed by atoms with Gasteiger partial charge in [0.05, 0.1) is 6.61 Å². The van der Waals surface area contributed by atoms with Crippen molar-refractivity contribution in [1.29, 1.82) is 5.41 Å². The lowest BCUT2D eigenvalue weighted by Gasteiger charge is -2.10. The lowest BCUT2D eigenvalue weighted by Crippen LogP contribution is -2.11. The highest BCUT2D eigenvalue weighted by molar-refractivity contribution is 6.31. The Morgan fingerprint density at radius 1 is 1.14 bits per heavy atom. The molecule has 0 saturated carbocycles. The van der Waals surface area contributed by atoms with Crippen molar-refractivity contribution in [2.24, 2.45) is 5.73 Å². The van der Waals surface area contributed by atoms with Gasteiger partial charge in [-0.3, -0.25) is 5.41 Å². The summed E-state index contributed by atoms with van der Waals surface area (Å²) in [5.74, 6) is 1.48. The summed E-state index contributed by atoms with van der Waals surface area (Å²) in [7, 11) is 0. The smallest absolute Gasteiger partial charge is 0.123 e. The zero-order valence-corrected chi connectivity index (χ0v) is 12.5. The topological polar surface area (TPSA) is 68.3 Å². The molecular formula is C16H17ClN2O2. The summed E-state index contributed by atoms with van der Waals surface area (Å²) >= 11 is 6.16. The molecule has 0 aliphatic rings. The molecule has 0 spiro atoms. The van der Waals surface area contributed by atoms with Crippen molar-refractivity contribution in [1.82, 2.24) is 0 Å². The van der Waals surface area contributed by atoms with E-state index >= 15 is 0 Å². The van der Waals surface area contributed by atoms with E-state index in [4.69, 9.17) is 32.2 Å². The summed E-state index contributed by atoms with van der Waals surface area (Å²) in [6.07, 6.45) is 0. The number of nitrogens with two attached hydrogens (primary N) is 1. The zero-order valence-electron chi connectivity index (χ0n) is 11.7. The van der Waals surface area contributed by atoms with Crippen LogP contribution in [-0.4, -0.2) is 12.4 Å². The van der Waals surface area contributed by atoms with Gasteiger partial charge in [0.15, 0.2) is 0 Å². The Labute approximate surface area is 129 Å². The van der Waals surface area contributed by atoms with Crippen LogP contribution in [0.2, 0.25) is 5.02 Å². The lowest BCUT2D eigenvalue weighted by molar-refractivity contribution is 0.299. The van der Waals surface area contributed by atoms with Crippen LogP contribution in [0.3, 0.4) is 0 Å². The van der Waals surface area contributed by atoms with Crippen LogP contribution >= 0.6 is 11.6 Å². The van der Waals surface area contributed by atoms with Crippen molar-refractivity contribution in [3.63, 3.8) is 0 Å². The van der Waals surface area contributed by atoms with Crippen molar-refractivity contribution in [3.05, 3.63) is 58.6 Å². The normalized spacial score (nSPS) is 10.2. The van der Waals surface area contributed by atoms with Gasteiger partial charge in [-0.2, -0.15) is 0 Å². The maximum absolute atomic E-state index is 7.38. The van der Waals surface area contributed by atoms with Gasteiger partial charge in [0.1, 0.15) is 23.9 Å². The van der Waals surface area contributed by atoms with Gasteiger partial charge in [-0.1, -0.05) is 29.8 Å². The minimum Gasteiger partial charge on any atom is -0.494 e. The van der Waals surface area contributed by atoms with Crippen LogP contribution in [0.5, 0.6) is 11.5 Å². The van der Waals surface area contributed by atoms with Gasteiger partial charge in [0.2, 0.25) is 0 Å². The maximum atomic E-state index is 7.38. The molecule has 0 aliphatic heterocycles. The Morgan fingerprint density at radius 3 is 2.48 bits per heavy atom. The monoisotopic (exact) mass is 304 g/mol. The van der Waals surface area contributed by atoms with Crippen LogP contribution in [-0.2, 0) is 6.61 Å². The number of benzene rings is 2. The third kappa shape index (κ3) is 4.13. The SMILES string of the molecule is CCOc1cccc(OCc2ccc(C(=N)N)cc2Cl)c1. The second-order valence-electron chi connectivity index (χ2n) is 4.42.